The molecule has 1 amide bonds. The van der Waals surface area contributed by atoms with E-state index in [0.717, 1.165) is 11.4 Å². The molecule has 2 aromatic rings. The van der Waals surface area contributed by atoms with Gasteiger partial charge in [-0.3, -0.25) is 9.59 Å². The Balaban J connectivity index is 1.78. The summed E-state index contributed by atoms with van der Waals surface area (Å²) in [5.41, 5.74) is 1.17. The van der Waals surface area contributed by atoms with Crippen molar-refractivity contribution in [3.63, 3.8) is 0 Å². The molecule has 0 radical (unpaired) electrons. The minimum atomic E-state index is -0.478. The minimum Gasteiger partial charge on any atom is -0.618 e. The van der Waals surface area contributed by atoms with Gasteiger partial charge in [-0.2, -0.15) is 4.73 Å². The van der Waals surface area contributed by atoms with Gasteiger partial charge in [0.1, 0.15) is 5.75 Å². The zero-order chi connectivity index (χ0) is 21.8. The molecule has 3 rings (SSSR count). The maximum absolute atomic E-state index is 13.1. The monoisotopic (exact) mass is 414 g/mol. The van der Waals surface area contributed by atoms with Crippen molar-refractivity contribution >= 4 is 11.6 Å². The molecule has 162 valence electrons. The minimum absolute atomic E-state index is 0.111. The van der Waals surface area contributed by atoms with Crippen molar-refractivity contribution in [3.05, 3.63) is 56.9 Å². The third-order valence-electron chi connectivity index (χ3n) is 5.42. The lowest BCUT2D eigenvalue weighted by Gasteiger charge is -2.36. The highest BCUT2D eigenvalue weighted by atomic mass is 16.5. The zero-order valence-corrected chi connectivity index (χ0v) is 18.1. The van der Waals surface area contributed by atoms with Crippen molar-refractivity contribution in [1.29, 1.82) is 0 Å². The SMILES string of the molecule is CCc1c(C(=O)N2CCN(c3cccc(OC)c3)CC2)[nH]c(=O)c(CC(C)C)[n+]1[O-]. The van der Waals surface area contributed by atoms with Crippen LogP contribution >= 0.6 is 0 Å². The third kappa shape index (κ3) is 4.42. The lowest BCUT2D eigenvalue weighted by Crippen LogP contribution is -2.51. The van der Waals surface area contributed by atoms with Crippen LogP contribution in [0.15, 0.2) is 29.1 Å². The predicted molar refractivity (Wildman–Crippen MR) is 115 cm³/mol. The number of aromatic amines is 1. The molecule has 8 nitrogen and oxygen atoms in total. The fraction of sp³-hybridized carbons (Fsp3) is 0.500. The van der Waals surface area contributed by atoms with Gasteiger partial charge in [-0.25, -0.2) is 0 Å². The van der Waals surface area contributed by atoms with E-state index in [2.05, 4.69) is 9.88 Å². The Morgan fingerprint density at radius 2 is 1.93 bits per heavy atom. The molecule has 1 aromatic carbocycles. The fourth-order valence-corrected chi connectivity index (χ4v) is 3.81. The van der Waals surface area contributed by atoms with E-state index >= 15 is 0 Å². The number of methoxy groups -OCH3 is 1. The summed E-state index contributed by atoms with van der Waals surface area (Å²) in [6, 6.07) is 7.82. The van der Waals surface area contributed by atoms with Crippen LogP contribution in [0, 0.1) is 11.1 Å². The first-order chi connectivity index (χ1) is 14.3. The molecule has 1 saturated heterocycles. The third-order valence-corrected chi connectivity index (χ3v) is 5.42. The van der Waals surface area contributed by atoms with Gasteiger partial charge in [0.05, 0.1) is 7.11 Å². The number of ether oxygens (including phenoxy) is 1. The number of anilines is 1. The van der Waals surface area contributed by atoms with Crippen molar-refractivity contribution in [1.82, 2.24) is 9.88 Å². The Hall–Kier alpha value is -3.03. The van der Waals surface area contributed by atoms with Crippen LogP contribution < -0.4 is 19.9 Å². The molecule has 1 N–H and O–H groups in total. The van der Waals surface area contributed by atoms with E-state index in [1.807, 2.05) is 45.0 Å². The number of aromatic nitrogens is 2. The molecule has 0 saturated carbocycles. The van der Waals surface area contributed by atoms with Crippen LogP contribution in [-0.4, -0.2) is 49.1 Å². The lowest BCUT2D eigenvalue weighted by molar-refractivity contribution is -0.624. The molecule has 0 spiro atoms. The number of H-pyrrole nitrogens is 1. The second-order valence-electron chi connectivity index (χ2n) is 7.95. The summed E-state index contributed by atoms with van der Waals surface area (Å²) < 4.78 is 5.95. The van der Waals surface area contributed by atoms with Crippen molar-refractivity contribution in [2.75, 3.05) is 38.2 Å². The Kier molecular flexibility index (Phi) is 6.64. The largest absolute Gasteiger partial charge is 0.618 e. The van der Waals surface area contributed by atoms with Crippen LogP contribution in [0.5, 0.6) is 5.75 Å². The Bertz CT molecular complexity index is 962. The number of nitrogens with one attached hydrogen (secondary N) is 1. The van der Waals surface area contributed by atoms with Gasteiger partial charge in [-0.1, -0.05) is 26.8 Å². The van der Waals surface area contributed by atoms with Gasteiger partial charge in [-0.15, -0.1) is 0 Å². The van der Waals surface area contributed by atoms with Gasteiger partial charge in [0, 0.05) is 50.8 Å². The summed E-state index contributed by atoms with van der Waals surface area (Å²) >= 11 is 0. The maximum Gasteiger partial charge on any atom is 0.317 e. The second-order valence-corrected chi connectivity index (χ2v) is 7.95. The van der Waals surface area contributed by atoms with Crippen LogP contribution in [0.25, 0.3) is 0 Å². The number of carbonyl (C=O) groups excluding carboxylic acids is 1. The van der Waals surface area contributed by atoms with E-state index in [4.69, 9.17) is 4.74 Å². The van der Waals surface area contributed by atoms with E-state index < -0.39 is 5.56 Å². The maximum atomic E-state index is 13.1. The first-order valence-electron chi connectivity index (χ1n) is 10.4. The number of piperazine rings is 1. The first kappa shape index (κ1) is 21.7. The molecule has 1 aliphatic rings. The number of hydrogen-bond donors (Lipinski definition) is 1. The average molecular weight is 415 g/mol. The first-order valence-corrected chi connectivity index (χ1v) is 10.4. The van der Waals surface area contributed by atoms with E-state index in [0.29, 0.717) is 49.4 Å². The quantitative estimate of drug-likeness (QED) is 0.574. The summed E-state index contributed by atoms with van der Waals surface area (Å²) in [6.45, 7) is 8.05. The van der Waals surface area contributed by atoms with Gasteiger partial charge in [0.2, 0.25) is 5.69 Å². The summed E-state index contributed by atoms with van der Waals surface area (Å²) in [7, 11) is 1.64. The van der Waals surface area contributed by atoms with Crippen molar-refractivity contribution in [3.8, 4) is 5.75 Å². The Labute approximate surface area is 176 Å². The number of nitrogens with zero attached hydrogens (tertiary/aromatic N) is 3. The van der Waals surface area contributed by atoms with Crippen LogP contribution in [0.1, 0.15) is 42.6 Å². The molecule has 2 heterocycles. The molecule has 0 atom stereocenters. The lowest BCUT2D eigenvalue weighted by atomic mass is 10.1. The molecule has 1 aromatic heterocycles. The summed E-state index contributed by atoms with van der Waals surface area (Å²) in [5, 5.41) is 12.8. The second kappa shape index (κ2) is 9.19. The van der Waals surface area contributed by atoms with E-state index in [-0.39, 0.29) is 23.2 Å². The smallest absolute Gasteiger partial charge is 0.317 e. The summed E-state index contributed by atoms with van der Waals surface area (Å²) in [6.07, 6.45) is 0.746. The predicted octanol–water partition coefficient (Wildman–Crippen LogP) is 1.74. The van der Waals surface area contributed by atoms with Gasteiger partial charge < -0.3 is 24.7 Å². The number of amides is 1. The van der Waals surface area contributed by atoms with E-state index in [1.165, 1.54) is 0 Å². The Morgan fingerprint density at radius 1 is 1.23 bits per heavy atom. The molecular weight excluding hydrogens is 384 g/mol. The normalized spacial score (nSPS) is 14.3. The zero-order valence-electron chi connectivity index (χ0n) is 18.1. The molecule has 1 fully saturated rings. The van der Waals surface area contributed by atoms with Crippen molar-refractivity contribution in [2.45, 2.75) is 33.6 Å². The van der Waals surface area contributed by atoms with Crippen molar-refractivity contribution < 1.29 is 14.3 Å². The number of benzene rings is 1. The highest BCUT2D eigenvalue weighted by Crippen LogP contribution is 2.22. The molecule has 0 unspecified atom stereocenters. The molecule has 0 bridgehead atoms. The van der Waals surface area contributed by atoms with E-state index in [9.17, 15) is 14.8 Å². The topological polar surface area (TPSA) is 92.6 Å². The number of carbonyl (C=O) groups is 1. The van der Waals surface area contributed by atoms with Crippen molar-refractivity contribution in [2.24, 2.45) is 5.92 Å². The molecule has 1 aliphatic heterocycles. The standard InChI is InChI=1S/C22H30N4O4/c1-5-18-20(23-21(27)19(26(18)29)13-15(2)3)22(28)25-11-9-24(10-12-25)16-7-6-8-17(14-16)30-4/h6-8,14-15H,5,9-13H2,1-4H3,(H,23,27). The molecule has 0 aliphatic carbocycles. The summed E-state index contributed by atoms with van der Waals surface area (Å²) in [5.74, 6) is 0.662. The molecular formula is C22H30N4O4. The van der Waals surface area contributed by atoms with Gasteiger partial charge >= 0.3 is 5.56 Å². The van der Waals surface area contributed by atoms with Crippen LogP contribution in [0.3, 0.4) is 0 Å². The van der Waals surface area contributed by atoms with Gasteiger partial charge in [0.15, 0.2) is 5.69 Å². The Morgan fingerprint density at radius 3 is 2.53 bits per heavy atom. The fourth-order valence-electron chi connectivity index (χ4n) is 3.81. The highest BCUT2D eigenvalue weighted by Gasteiger charge is 2.30. The van der Waals surface area contributed by atoms with Gasteiger partial charge in [0.25, 0.3) is 11.6 Å². The number of hydrogen-bond acceptors (Lipinski definition) is 5. The highest BCUT2D eigenvalue weighted by molar-refractivity contribution is 5.93. The van der Waals surface area contributed by atoms with Crippen LogP contribution in [-0.2, 0) is 12.8 Å². The van der Waals surface area contributed by atoms with Gasteiger partial charge in [-0.05, 0) is 18.1 Å². The number of rotatable bonds is 6. The average Bonchev–Trinajstić information content (AvgIpc) is 2.75. The molecule has 30 heavy (non-hydrogen) atoms. The van der Waals surface area contributed by atoms with E-state index in [1.54, 1.807) is 12.0 Å². The van der Waals surface area contributed by atoms with Crippen LogP contribution in [0.4, 0.5) is 5.69 Å². The van der Waals surface area contributed by atoms with Crippen LogP contribution in [0.2, 0.25) is 0 Å². The molecule has 8 heteroatoms. The summed E-state index contributed by atoms with van der Waals surface area (Å²) in [4.78, 5) is 32.2.